The van der Waals surface area contributed by atoms with Crippen molar-refractivity contribution in [3.05, 3.63) is 167 Å². The van der Waals surface area contributed by atoms with Crippen molar-refractivity contribution in [1.82, 2.24) is 26.6 Å². The van der Waals surface area contributed by atoms with E-state index in [0.29, 0.717) is 0 Å². The molecule has 6 rings (SSSR count). The van der Waals surface area contributed by atoms with Gasteiger partial charge in [-0.1, -0.05) is 140 Å². The van der Waals surface area contributed by atoms with Crippen molar-refractivity contribution in [2.45, 2.75) is 49.4 Å². The third-order valence-electron chi connectivity index (χ3n) is 10.5. The molecule has 14 nitrogen and oxygen atoms in total. The lowest BCUT2D eigenvalue weighted by Gasteiger charge is -2.37. The molecular formula is C47H47N5O9. The number of aliphatic hydroxyl groups excluding tert-OH is 1. The predicted octanol–water partition coefficient (Wildman–Crippen LogP) is 3.96. The van der Waals surface area contributed by atoms with Crippen LogP contribution < -0.4 is 26.6 Å². The largest absolute Gasteiger partial charge is 0.480 e. The molecular weight excluding hydrogens is 779 g/mol. The lowest BCUT2D eigenvalue weighted by Crippen LogP contribution is -2.58. The van der Waals surface area contributed by atoms with Crippen LogP contribution in [0, 0.1) is 0 Å². The fourth-order valence-corrected chi connectivity index (χ4v) is 7.58. The highest BCUT2D eigenvalue weighted by atomic mass is 16.5. The maximum atomic E-state index is 14.0. The molecule has 0 spiro atoms. The van der Waals surface area contributed by atoms with Crippen molar-refractivity contribution in [2.24, 2.45) is 0 Å². The lowest BCUT2D eigenvalue weighted by molar-refractivity contribution is -0.139. The van der Waals surface area contributed by atoms with Crippen molar-refractivity contribution in [3.8, 4) is 11.1 Å². The van der Waals surface area contributed by atoms with Crippen LogP contribution in [0.4, 0.5) is 4.79 Å². The molecule has 0 bridgehead atoms. The Bertz CT molecular complexity index is 2200. The van der Waals surface area contributed by atoms with Crippen LogP contribution in [0.25, 0.3) is 11.1 Å². The number of carboxylic acids is 1. The van der Waals surface area contributed by atoms with E-state index in [1.807, 2.05) is 140 Å². The Balaban J connectivity index is 1.10. The molecule has 1 aliphatic rings. The van der Waals surface area contributed by atoms with Crippen molar-refractivity contribution >= 4 is 35.7 Å². The molecule has 0 aromatic heterocycles. The van der Waals surface area contributed by atoms with Crippen LogP contribution in [0.1, 0.15) is 53.5 Å². The maximum absolute atomic E-state index is 14.0. The zero-order chi connectivity index (χ0) is 43.4. The van der Waals surface area contributed by atoms with Crippen LogP contribution in [-0.2, 0) is 34.2 Å². The first-order chi connectivity index (χ1) is 29.5. The summed E-state index contributed by atoms with van der Waals surface area (Å²) in [5, 5.41) is 32.4. The van der Waals surface area contributed by atoms with E-state index in [-0.39, 0.29) is 25.4 Å². The molecule has 0 aliphatic heterocycles. The second-order valence-corrected chi connectivity index (χ2v) is 14.6. The van der Waals surface area contributed by atoms with Gasteiger partial charge >= 0.3 is 12.1 Å². The standard InChI is InChI=1S/C47H47N5O9/c1-30(53)43(51-41(55)27-49-46(60)61-29-38-36-23-13-11-21-34(36)35-22-12-14-24-37(35)38)45(59)50-39(44(58)48-28-42(56)57)25-26-40(54)52-47(31-15-5-2-6-16-31,32-17-7-3-8-18-32)33-19-9-4-10-20-33/h2-24,30,38-39,43,53H,25-29H2,1H3,(H,48,58)(H,49,60)(H,50,59)(H,51,55)(H,52,54)(H,56,57)/t30-,39+,43+/m1/s1. The Kier molecular flexibility index (Phi) is 14.3. The highest BCUT2D eigenvalue weighted by Crippen LogP contribution is 2.44. The first-order valence-electron chi connectivity index (χ1n) is 19.8. The van der Waals surface area contributed by atoms with Crippen molar-refractivity contribution in [1.29, 1.82) is 0 Å². The van der Waals surface area contributed by atoms with Crippen LogP contribution in [0.5, 0.6) is 0 Å². The van der Waals surface area contributed by atoms with Crippen LogP contribution >= 0.6 is 0 Å². The molecule has 5 aromatic carbocycles. The Morgan fingerprint density at radius 2 is 1.11 bits per heavy atom. The van der Waals surface area contributed by atoms with Gasteiger partial charge in [0.2, 0.25) is 23.6 Å². The molecule has 0 fully saturated rings. The Hall–Kier alpha value is -7.32. The SMILES string of the molecule is C[C@@H](O)[C@H](NC(=O)CNC(=O)OCC1c2ccccc2-c2ccccc21)C(=O)N[C@@H](CCC(=O)NC(c1ccccc1)(c1ccccc1)c1ccccc1)C(=O)NCC(=O)O. The van der Waals surface area contributed by atoms with Crippen LogP contribution in [-0.4, -0.2) is 83.8 Å². The number of aliphatic hydroxyl groups is 1. The summed E-state index contributed by atoms with van der Waals surface area (Å²) in [7, 11) is 0. The zero-order valence-corrected chi connectivity index (χ0v) is 33.4. The molecule has 3 atom stereocenters. The zero-order valence-electron chi connectivity index (χ0n) is 33.4. The smallest absolute Gasteiger partial charge is 0.407 e. The molecule has 0 radical (unpaired) electrons. The van der Waals surface area contributed by atoms with Gasteiger partial charge in [0.25, 0.3) is 0 Å². The molecule has 0 saturated heterocycles. The molecule has 5 amide bonds. The monoisotopic (exact) mass is 825 g/mol. The van der Waals surface area contributed by atoms with E-state index in [9.17, 15) is 39.0 Å². The van der Waals surface area contributed by atoms with Gasteiger partial charge in [0, 0.05) is 12.3 Å². The lowest BCUT2D eigenvalue weighted by atomic mass is 9.77. The summed E-state index contributed by atoms with van der Waals surface area (Å²) in [6, 6.07) is 40.6. The van der Waals surface area contributed by atoms with Gasteiger partial charge in [-0.15, -0.1) is 0 Å². The summed E-state index contributed by atoms with van der Waals surface area (Å²) in [4.78, 5) is 77.9. The minimum atomic E-state index is -1.61. The van der Waals surface area contributed by atoms with E-state index in [1.54, 1.807) is 0 Å². The van der Waals surface area contributed by atoms with E-state index in [4.69, 9.17) is 4.74 Å². The summed E-state index contributed by atoms with van der Waals surface area (Å²) < 4.78 is 5.48. The number of hydrogen-bond acceptors (Lipinski definition) is 8. The number of carboxylic acid groups (broad SMARTS) is 1. The second-order valence-electron chi connectivity index (χ2n) is 14.6. The third kappa shape index (κ3) is 10.5. The molecule has 61 heavy (non-hydrogen) atoms. The van der Waals surface area contributed by atoms with Gasteiger partial charge in [0.05, 0.1) is 6.10 Å². The molecule has 0 heterocycles. The predicted molar refractivity (Wildman–Crippen MR) is 226 cm³/mol. The molecule has 314 valence electrons. The number of aliphatic carboxylic acids is 1. The van der Waals surface area contributed by atoms with E-state index in [1.165, 1.54) is 6.92 Å². The van der Waals surface area contributed by atoms with Gasteiger partial charge < -0.3 is 41.5 Å². The summed E-state index contributed by atoms with van der Waals surface area (Å²) in [6.45, 7) is -0.126. The summed E-state index contributed by atoms with van der Waals surface area (Å²) in [5.74, 6) is -4.79. The van der Waals surface area contributed by atoms with E-state index < -0.39 is 72.5 Å². The Morgan fingerprint density at radius 1 is 0.623 bits per heavy atom. The van der Waals surface area contributed by atoms with E-state index >= 15 is 0 Å². The normalized spacial score (nSPS) is 13.3. The number of alkyl carbamates (subject to hydrolysis) is 1. The molecule has 14 heteroatoms. The number of rotatable bonds is 18. The average Bonchev–Trinajstić information content (AvgIpc) is 3.60. The third-order valence-corrected chi connectivity index (χ3v) is 10.5. The fourth-order valence-electron chi connectivity index (χ4n) is 7.58. The first-order valence-corrected chi connectivity index (χ1v) is 19.8. The minimum Gasteiger partial charge on any atom is -0.480 e. The molecule has 5 aromatic rings. The molecule has 0 unspecified atom stereocenters. The van der Waals surface area contributed by atoms with Gasteiger partial charge in [-0.2, -0.15) is 0 Å². The second kappa shape index (κ2) is 20.1. The van der Waals surface area contributed by atoms with Crippen LogP contribution in [0.15, 0.2) is 140 Å². The van der Waals surface area contributed by atoms with Crippen LogP contribution in [0.3, 0.4) is 0 Å². The number of amides is 5. The molecule has 7 N–H and O–H groups in total. The highest BCUT2D eigenvalue weighted by Gasteiger charge is 2.38. The Morgan fingerprint density at radius 3 is 1.61 bits per heavy atom. The van der Waals surface area contributed by atoms with Crippen LogP contribution in [0.2, 0.25) is 0 Å². The average molecular weight is 826 g/mol. The van der Waals surface area contributed by atoms with Gasteiger partial charge in [-0.3, -0.25) is 24.0 Å². The number of carbonyl (C=O) groups excluding carboxylic acids is 5. The van der Waals surface area contributed by atoms with Gasteiger partial charge in [-0.25, -0.2) is 4.79 Å². The van der Waals surface area contributed by atoms with E-state index in [2.05, 4.69) is 26.6 Å². The van der Waals surface area contributed by atoms with Crippen molar-refractivity contribution in [2.75, 3.05) is 19.7 Å². The summed E-state index contributed by atoms with van der Waals surface area (Å²) in [6.07, 6.45) is -2.96. The van der Waals surface area contributed by atoms with Crippen molar-refractivity contribution < 1.29 is 43.7 Å². The number of nitrogens with one attached hydrogen (secondary N) is 5. The number of fused-ring (bicyclic) bond motifs is 3. The first kappa shape index (κ1) is 43.3. The molecule has 1 aliphatic carbocycles. The maximum Gasteiger partial charge on any atom is 0.407 e. The summed E-state index contributed by atoms with van der Waals surface area (Å²) in [5.41, 5.74) is 5.23. The number of carbonyl (C=O) groups is 6. The molecule has 0 saturated carbocycles. The van der Waals surface area contributed by atoms with E-state index in [0.717, 1.165) is 38.9 Å². The summed E-state index contributed by atoms with van der Waals surface area (Å²) >= 11 is 0. The number of benzene rings is 5. The van der Waals surface area contributed by atoms with Gasteiger partial charge in [0.1, 0.15) is 37.3 Å². The fraction of sp³-hybridized carbons (Fsp3) is 0.234. The number of hydrogen-bond donors (Lipinski definition) is 7. The highest BCUT2D eigenvalue weighted by molar-refractivity contribution is 5.94. The van der Waals surface area contributed by atoms with Crippen molar-refractivity contribution in [3.63, 3.8) is 0 Å². The quantitative estimate of drug-likeness (QED) is 0.0637. The topological polar surface area (TPSA) is 212 Å². The Labute approximate surface area is 352 Å². The van der Waals surface area contributed by atoms with Gasteiger partial charge in [0.15, 0.2) is 0 Å². The van der Waals surface area contributed by atoms with Gasteiger partial charge in [-0.05, 0) is 52.3 Å². The number of ether oxygens (including phenoxy) is 1. The minimum absolute atomic E-state index is 0.00921.